The molecule has 256 valence electrons. The van der Waals surface area contributed by atoms with Crippen molar-refractivity contribution in [1.29, 1.82) is 0 Å². The largest absolute Gasteiger partial charge is 2.00 e. The minimum Gasteiger partial charge on any atom is -0.869 e. The van der Waals surface area contributed by atoms with Gasteiger partial charge in [-0.25, -0.2) is 9.98 Å². The molecule has 2 heterocycles. The van der Waals surface area contributed by atoms with Crippen molar-refractivity contribution in [2.75, 3.05) is 0 Å². The van der Waals surface area contributed by atoms with Crippen molar-refractivity contribution in [2.24, 2.45) is 9.98 Å². The third-order valence-electron chi connectivity index (χ3n) is 5.83. The van der Waals surface area contributed by atoms with Crippen LogP contribution < -0.4 is 10.2 Å². The number of alkyl halides is 12. The molecule has 0 saturated heterocycles. The van der Waals surface area contributed by atoms with Crippen LogP contribution in [-0.2, 0) is 19.5 Å². The van der Waals surface area contributed by atoms with E-state index in [9.17, 15) is 62.9 Å². The van der Waals surface area contributed by atoms with E-state index in [4.69, 9.17) is 0 Å². The van der Waals surface area contributed by atoms with E-state index >= 15 is 0 Å². The first-order chi connectivity index (χ1) is 22.0. The van der Waals surface area contributed by atoms with E-state index in [2.05, 4.69) is 20.0 Å². The van der Waals surface area contributed by atoms with E-state index in [1.807, 2.05) is 0 Å². The van der Waals surface area contributed by atoms with Crippen molar-refractivity contribution >= 4 is 44.6 Å². The first kappa shape index (κ1) is 40.6. The van der Waals surface area contributed by atoms with Crippen molar-refractivity contribution in [3.05, 3.63) is 95.7 Å². The Bertz CT molecular complexity index is 1790. The standard InChI is InChI=1S/2C15H10F6N2O.Zn/c2*1-8-5-6-9-3-2-4-10(13(9)22-8)23-11(14(16,17)18)7-12(24)15(19,20)21;/h2*2-7,24H,1H3;/q;;+2/p-2/b2*12-7-,23-11?;. The van der Waals surface area contributed by atoms with Crippen LogP contribution in [0.15, 0.2) is 94.3 Å². The van der Waals surface area contributed by atoms with Gasteiger partial charge in [-0.05, 0) is 61.8 Å². The van der Waals surface area contributed by atoms with Gasteiger partial charge in [0.25, 0.3) is 0 Å². The van der Waals surface area contributed by atoms with Crippen LogP contribution in [0, 0.1) is 13.8 Å². The average molecular weight is 760 g/mol. The number of pyridine rings is 2. The molecule has 0 N–H and O–H groups in total. The SMILES string of the molecule is Cc1ccc2cccc(N=C(/C=C(\[O-])C(F)(F)F)C(F)(F)F)c2n1.Cc1ccc2cccc(N=C(/C=C(\[O-])C(F)(F)F)C(F)(F)F)c2n1.[Zn+2]. The van der Waals surface area contributed by atoms with Gasteiger partial charge in [-0.1, -0.05) is 36.4 Å². The summed E-state index contributed by atoms with van der Waals surface area (Å²) in [7, 11) is 0. The second-order valence-electron chi connectivity index (χ2n) is 9.61. The quantitative estimate of drug-likeness (QED) is 0.0913. The number of aliphatic imine (C=N–C) groups is 2. The molecular formula is C30H18F12N4O2Zn. The molecule has 2 aromatic carbocycles. The van der Waals surface area contributed by atoms with Crippen LogP contribution in [0.1, 0.15) is 11.4 Å². The molecule has 0 aliphatic heterocycles. The van der Waals surface area contributed by atoms with Crippen molar-refractivity contribution in [2.45, 2.75) is 38.6 Å². The predicted molar refractivity (Wildman–Crippen MR) is 148 cm³/mol. The Balaban J connectivity index is 0.000000333. The summed E-state index contributed by atoms with van der Waals surface area (Å²) < 4.78 is 151. The Morgan fingerprint density at radius 2 is 0.857 bits per heavy atom. The maximum absolute atomic E-state index is 12.9. The van der Waals surface area contributed by atoms with Crippen LogP contribution >= 0.6 is 0 Å². The van der Waals surface area contributed by atoms with Crippen molar-refractivity contribution in [3.63, 3.8) is 0 Å². The Kier molecular flexibility index (Phi) is 12.7. The number of aromatic nitrogens is 2. The van der Waals surface area contributed by atoms with Gasteiger partial charge in [0.1, 0.15) is 11.4 Å². The van der Waals surface area contributed by atoms with Gasteiger partial charge in [0.05, 0.1) is 22.4 Å². The minimum atomic E-state index is -5.42. The topological polar surface area (TPSA) is 96.6 Å². The molecule has 49 heavy (non-hydrogen) atoms. The van der Waals surface area contributed by atoms with Gasteiger partial charge in [-0.3, -0.25) is 9.97 Å². The van der Waals surface area contributed by atoms with Gasteiger partial charge in [0.15, 0.2) is 0 Å². The molecule has 0 spiro atoms. The summed E-state index contributed by atoms with van der Waals surface area (Å²) in [5.74, 6) is -5.27. The molecular weight excluding hydrogens is 742 g/mol. The van der Waals surface area contributed by atoms with Crippen LogP contribution in [0.5, 0.6) is 0 Å². The summed E-state index contributed by atoms with van der Waals surface area (Å²) in [4.78, 5) is 14.5. The number of fused-ring (bicyclic) bond motifs is 2. The Labute approximate surface area is 281 Å². The summed E-state index contributed by atoms with van der Waals surface area (Å²) in [5, 5.41) is 22.6. The summed E-state index contributed by atoms with van der Waals surface area (Å²) in [6, 6.07) is 14.7. The van der Waals surface area contributed by atoms with E-state index in [1.165, 1.54) is 24.3 Å². The predicted octanol–water partition coefficient (Wildman–Crippen LogP) is 7.97. The molecule has 0 aliphatic rings. The zero-order valence-electron chi connectivity index (χ0n) is 24.8. The zero-order chi connectivity index (χ0) is 36.2. The van der Waals surface area contributed by atoms with Gasteiger partial charge in [-0.15, -0.1) is 0 Å². The van der Waals surface area contributed by atoms with Gasteiger partial charge in [0, 0.05) is 22.2 Å². The second kappa shape index (κ2) is 15.3. The van der Waals surface area contributed by atoms with Crippen molar-refractivity contribution in [1.82, 2.24) is 9.97 Å². The molecule has 0 bridgehead atoms. The van der Waals surface area contributed by atoms with E-state index in [1.54, 1.807) is 50.2 Å². The number of halogens is 12. The number of para-hydroxylation sites is 2. The summed E-state index contributed by atoms with van der Waals surface area (Å²) in [6.07, 6.45) is -22.4. The Hall–Kier alpha value is -4.54. The minimum absolute atomic E-state index is 0. The summed E-state index contributed by atoms with van der Waals surface area (Å²) >= 11 is 0. The van der Waals surface area contributed by atoms with Crippen LogP contribution in [0.25, 0.3) is 21.8 Å². The summed E-state index contributed by atoms with van der Waals surface area (Å²) in [6.45, 7) is 3.20. The number of hydrogen-bond acceptors (Lipinski definition) is 6. The van der Waals surface area contributed by atoms with Gasteiger partial charge in [0.2, 0.25) is 0 Å². The first-order valence-electron chi connectivity index (χ1n) is 12.9. The number of hydrogen-bond donors (Lipinski definition) is 0. The molecule has 0 radical (unpaired) electrons. The number of nitrogens with zero attached hydrogens (tertiary/aromatic N) is 4. The average Bonchev–Trinajstić information content (AvgIpc) is 2.95. The Morgan fingerprint density at radius 1 is 0.531 bits per heavy atom. The van der Waals surface area contributed by atoms with Crippen molar-refractivity contribution < 1.29 is 82.4 Å². The second-order valence-corrected chi connectivity index (χ2v) is 9.61. The van der Waals surface area contributed by atoms with E-state index in [0.717, 1.165) is 0 Å². The summed E-state index contributed by atoms with van der Waals surface area (Å²) in [5.41, 5.74) is -3.28. The van der Waals surface area contributed by atoms with Gasteiger partial charge >= 0.3 is 44.2 Å². The molecule has 0 fully saturated rings. The molecule has 0 saturated carbocycles. The monoisotopic (exact) mass is 758 g/mol. The number of benzene rings is 2. The normalized spacial score (nSPS) is 14.0. The van der Waals surface area contributed by atoms with Gasteiger partial charge < -0.3 is 10.2 Å². The number of rotatable bonds is 4. The van der Waals surface area contributed by atoms with Crippen molar-refractivity contribution in [3.8, 4) is 0 Å². The molecule has 0 amide bonds. The number of allylic oxidation sites excluding steroid dienone is 4. The maximum atomic E-state index is 12.9. The fourth-order valence-electron chi connectivity index (χ4n) is 3.66. The number of aryl methyl sites for hydroxylation is 2. The van der Waals surface area contributed by atoms with Gasteiger partial charge in [-0.2, -0.15) is 52.7 Å². The molecule has 4 aromatic rings. The van der Waals surface area contributed by atoms with Crippen LogP contribution in [0.3, 0.4) is 0 Å². The molecule has 19 heteroatoms. The Morgan fingerprint density at radius 3 is 1.14 bits per heavy atom. The molecule has 0 unspecified atom stereocenters. The van der Waals surface area contributed by atoms with Crippen LogP contribution in [-0.4, -0.2) is 46.1 Å². The molecule has 6 nitrogen and oxygen atoms in total. The smallest absolute Gasteiger partial charge is 0.869 e. The zero-order valence-corrected chi connectivity index (χ0v) is 27.7. The van der Waals surface area contributed by atoms with Crippen LogP contribution in [0.4, 0.5) is 64.1 Å². The molecule has 0 atom stereocenters. The maximum Gasteiger partial charge on any atom is 2.00 e. The third kappa shape index (κ3) is 11.3. The molecule has 2 aromatic heterocycles. The fourth-order valence-corrected chi connectivity index (χ4v) is 3.66. The van der Waals surface area contributed by atoms with E-state index in [-0.39, 0.29) is 41.9 Å². The molecule has 0 aliphatic carbocycles. The molecule has 4 rings (SSSR count). The third-order valence-corrected chi connectivity index (χ3v) is 5.83. The first-order valence-corrected chi connectivity index (χ1v) is 12.9. The van der Waals surface area contributed by atoms with E-state index in [0.29, 0.717) is 22.2 Å². The fraction of sp³-hybridized carbons (Fsp3) is 0.200. The van der Waals surface area contributed by atoms with E-state index < -0.39 is 59.8 Å². The van der Waals surface area contributed by atoms with Crippen LogP contribution in [0.2, 0.25) is 0 Å².